The zero-order valence-corrected chi connectivity index (χ0v) is 12.7. The lowest BCUT2D eigenvalue weighted by molar-refractivity contribution is -0.136. The van der Waals surface area contributed by atoms with Crippen molar-refractivity contribution in [1.82, 2.24) is 0 Å². The van der Waals surface area contributed by atoms with Gasteiger partial charge in [-0.05, 0) is 36.3 Å². The first kappa shape index (κ1) is 14.9. The van der Waals surface area contributed by atoms with Gasteiger partial charge in [0.25, 0.3) is 0 Å². The predicted molar refractivity (Wildman–Crippen MR) is 82.0 cm³/mol. The molecule has 2 unspecified atom stereocenters. The number of nitrogens with zero attached hydrogens (tertiary/aromatic N) is 1. The van der Waals surface area contributed by atoms with Crippen LogP contribution in [0.4, 0.5) is 5.69 Å². The van der Waals surface area contributed by atoms with Gasteiger partial charge in [-0.15, -0.1) is 0 Å². The van der Waals surface area contributed by atoms with Gasteiger partial charge < -0.3 is 10.0 Å². The van der Waals surface area contributed by atoms with Gasteiger partial charge >= 0.3 is 5.97 Å². The fraction of sp³-hybridized carbons (Fsp3) is 0.588. The van der Waals surface area contributed by atoms with E-state index in [1.165, 1.54) is 6.42 Å². The van der Waals surface area contributed by atoms with Crippen LogP contribution >= 0.6 is 0 Å². The van der Waals surface area contributed by atoms with E-state index in [9.17, 15) is 4.79 Å². The first-order valence-electron chi connectivity index (χ1n) is 7.42. The van der Waals surface area contributed by atoms with Gasteiger partial charge in [0, 0.05) is 18.3 Å². The Balaban J connectivity index is 2.20. The number of hydrogen-bond acceptors (Lipinski definition) is 2. The highest BCUT2D eigenvalue weighted by Crippen LogP contribution is 2.44. The first-order chi connectivity index (χ1) is 9.39. The molecular weight excluding hydrogens is 250 g/mol. The highest BCUT2D eigenvalue weighted by molar-refractivity contribution is 5.67. The van der Waals surface area contributed by atoms with Crippen LogP contribution in [0.5, 0.6) is 0 Å². The van der Waals surface area contributed by atoms with Crippen LogP contribution in [0.3, 0.4) is 0 Å². The molecule has 0 saturated heterocycles. The number of carbonyl (C=O) groups is 1. The predicted octanol–water partition coefficient (Wildman–Crippen LogP) is 3.79. The van der Waals surface area contributed by atoms with Crippen LogP contribution < -0.4 is 4.90 Å². The number of para-hydroxylation sites is 1. The Morgan fingerprint density at radius 1 is 1.30 bits per heavy atom. The molecule has 1 aromatic rings. The van der Waals surface area contributed by atoms with Crippen LogP contribution in [0.2, 0.25) is 0 Å². The van der Waals surface area contributed by atoms with Gasteiger partial charge in [0.05, 0.1) is 6.42 Å². The molecule has 110 valence electrons. The van der Waals surface area contributed by atoms with Crippen molar-refractivity contribution in [2.45, 2.75) is 46.1 Å². The van der Waals surface area contributed by atoms with Crippen molar-refractivity contribution in [2.75, 3.05) is 11.4 Å². The lowest BCUT2D eigenvalue weighted by Crippen LogP contribution is -2.39. The van der Waals surface area contributed by atoms with Crippen molar-refractivity contribution in [2.24, 2.45) is 11.3 Å². The van der Waals surface area contributed by atoms with E-state index in [0.29, 0.717) is 23.9 Å². The van der Waals surface area contributed by atoms with Gasteiger partial charge in [-0.25, -0.2) is 0 Å². The highest BCUT2D eigenvalue weighted by atomic mass is 16.4. The van der Waals surface area contributed by atoms with Gasteiger partial charge in [-0.1, -0.05) is 39.0 Å². The molecule has 2 rings (SSSR count). The quantitative estimate of drug-likeness (QED) is 0.888. The van der Waals surface area contributed by atoms with E-state index in [1.54, 1.807) is 0 Å². The Kier molecular flexibility index (Phi) is 4.36. The minimum Gasteiger partial charge on any atom is -0.481 e. The molecule has 1 aromatic carbocycles. The number of benzene rings is 1. The molecule has 1 N–H and O–H groups in total. The third-order valence-electron chi connectivity index (χ3n) is 4.35. The van der Waals surface area contributed by atoms with Crippen LogP contribution in [0.1, 0.15) is 40.0 Å². The average Bonchev–Trinajstić information content (AvgIpc) is 2.64. The molecule has 1 aliphatic carbocycles. The molecule has 1 fully saturated rings. The van der Waals surface area contributed by atoms with Crippen LogP contribution in [0.25, 0.3) is 0 Å². The van der Waals surface area contributed by atoms with Crippen LogP contribution in [0.15, 0.2) is 30.3 Å². The lowest BCUT2D eigenvalue weighted by Gasteiger charge is -2.34. The highest BCUT2D eigenvalue weighted by Gasteiger charge is 2.39. The topological polar surface area (TPSA) is 40.5 Å². The molecule has 3 heteroatoms. The van der Waals surface area contributed by atoms with Gasteiger partial charge in [-0.3, -0.25) is 4.79 Å². The summed E-state index contributed by atoms with van der Waals surface area (Å²) in [7, 11) is 0. The van der Waals surface area contributed by atoms with E-state index in [1.807, 2.05) is 18.2 Å². The Morgan fingerprint density at radius 3 is 2.45 bits per heavy atom. The zero-order chi connectivity index (χ0) is 14.8. The maximum atomic E-state index is 10.9. The summed E-state index contributed by atoms with van der Waals surface area (Å²) >= 11 is 0. The summed E-state index contributed by atoms with van der Waals surface area (Å²) in [6.07, 6.45) is 2.52. The number of carboxylic acids is 1. The molecule has 0 amide bonds. The van der Waals surface area contributed by atoms with Gasteiger partial charge in [0.1, 0.15) is 0 Å². The fourth-order valence-electron chi connectivity index (χ4n) is 3.60. The number of anilines is 1. The molecule has 0 aromatic heterocycles. The second-order valence-electron chi connectivity index (χ2n) is 6.79. The smallest absolute Gasteiger partial charge is 0.305 e. The third kappa shape index (κ3) is 3.53. The summed E-state index contributed by atoms with van der Waals surface area (Å²) in [5, 5.41) is 8.99. The summed E-state index contributed by atoms with van der Waals surface area (Å²) in [6.45, 7) is 7.49. The van der Waals surface area contributed by atoms with E-state index in [2.05, 4.69) is 37.8 Å². The molecule has 3 nitrogen and oxygen atoms in total. The van der Waals surface area contributed by atoms with Crippen molar-refractivity contribution in [3.05, 3.63) is 30.3 Å². The Morgan fingerprint density at radius 2 is 1.95 bits per heavy atom. The molecule has 0 heterocycles. The van der Waals surface area contributed by atoms with Crippen LogP contribution in [-0.4, -0.2) is 23.7 Å². The third-order valence-corrected chi connectivity index (χ3v) is 4.35. The lowest BCUT2D eigenvalue weighted by atomic mass is 9.91. The van der Waals surface area contributed by atoms with Crippen molar-refractivity contribution in [1.29, 1.82) is 0 Å². The molecular formula is C17H25NO2. The largest absolute Gasteiger partial charge is 0.481 e. The van der Waals surface area contributed by atoms with Crippen molar-refractivity contribution in [3.8, 4) is 0 Å². The van der Waals surface area contributed by atoms with E-state index in [-0.39, 0.29) is 6.42 Å². The van der Waals surface area contributed by atoms with E-state index < -0.39 is 5.97 Å². The summed E-state index contributed by atoms with van der Waals surface area (Å²) in [6, 6.07) is 10.6. The molecule has 2 atom stereocenters. The normalized spacial score (nSPS) is 24.6. The summed E-state index contributed by atoms with van der Waals surface area (Å²) in [4.78, 5) is 13.2. The maximum absolute atomic E-state index is 10.9. The van der Waals surface area contributed by atoms with Gasteiger partial charge in [0.15, 0.2) is 0 Å². The van der Waals surface area contributed by atoms with Crippen molar-refractivity contribution >= 4 is 11.7 Å². The Bertz CT molecular complexity index is 455. The molecule has 0 radical (unpaired) electrons. The molecule has 0 spiro atoms. The standard InChI is InChI=1S/C17H25NO2/c1-13-11-17(2,3)12-15(13)18(10-9-16(19)20)14-7-5-4-6-8-14/h4-8,13,15H,9-12H2,1-3H3,(H,19,20). The number of aliphatic carboxylic acids is 1. The maximum Gasteiger partial charge on any atom is 0.305 e. The molecule has 0 aliphatic heterocycles. The van der Waals surface area contributed by atoms with E-state index in [0.717, 1.165) is 12.1 Å². The minimum absolute atomic E-state index is 0.193. The van der Waals surface area contributed by atoms with Crippen molar-refractivity contribution in [3.63, 3.8) is 0 Å². The molecule has 20 heavy (non-hydrogen) atoms. The van der Waals surface area contributed by atoms with Crippen molar-refractivity contribution < 1.29 is 9.90 Å². The first-order valence-corrected chi connectivity index (χ1v) is 7.42. The monoisotopic (exact) mass is 275 g/mol. The number of carboxylic acid groups (broad SMARTS) is 1. The second-order valence-corrected chi connectivity index (χ2v) is 6.79. The summed E-state index contributed by atoms with van der Waals surface area (Å²) in [5.74, 6) is -0.130. The van der Waals surface area contributed by atoms with E-state index in [4.69, 9.17) is 5.11 Å². The number of rotatable bonds is 5. The van der Waals surface area contributed by atoms with Crippen LogP contribution in [0, 0.1) is 11.3 Å². The minimum atomic E-state index is -0.726. The Labute approximate surface area is 121 Å². The van der Waals surface area contributed by atoms with Crippen LogP contribution in [-0.2, 0) is 4.79 Å². The molecule has 0 bridgehead atoms. The SMILES string of the molecule is CC1CC(C)(C)CC1N(CCC(=O)O)c1ccccc1. The average molecular weight is 275 g/mol. The zero-order valence-electron chi connectivity index (χ0n) is 12.7. The van der Waals surface area contributed by atoms with Gasteiger partial charge in [-0.2, -0.15) is 0 Å². The molecule has 1 saturated carbocycles. The fourth-order valence-corrected chi connectivity index (χ4v) is 3.60. The number of hydrogen-bond donors (Lipinski definition) is 1. The van der Waals surface area contributed by atoms with Gasteiger partial charge in [0.2, 0.25) is 0 Å². The summed E-state index contributed by atoms with van der Waals surface area (Å²) in [5.41, 5.74) is 1.49. The summed E-state index contributed by atoms with van der Waals surface area (Å²) < 4.78 is 0. The second kappa shape index (κ2) is 5.86. The van der Waals surface area contributed by atoms with E-state index >= 15 is 0 Å². The Hall–Kier alpha value is -1.51. The molecule has 1 aliphatic rings.